The van der Waals surface area contributed by atoms with E-state index in [2.05, 4.69) is 15.6 Å². The number of anilines is 2. The van der Waals surface area contributed by atoms with Crippen LogP contribution in [-0.4, -0.2) is 31.6 Å². The average molecular weight is 559 g/mol. The summed E-state index contributed by atoms with van der Waals surface area (Å²) >= 11 is 0. The number of carbonyl (C=O) groups excluding carboxylic acids is 2. The van der Waals surface area contributed by atoms with Crippen LogP contribution in [-0.2, 0) is 17.9 Å². The predicted octanol–water partition coefficient (Wildman–Crippen LogP) is 7.17. The van der Waals surface area contributed by atoms with Crippen LogP contribution in [0.3, 0.4) is 0 Å². The number of amides is 2. The zero-order chi connectivity index (χ0) is 30.7. The van der Waals surface area contributed by atoms with E-state index in [1.807, 2.05) is 77.6 Å². The Morgan fingerprint density at radius 1 is 0.756 bits per heavy atom. The first-order valence-electron chi connectivity index (χ1n) is 13.5. The summed E-state index contributed by atoms with van der Waals surface area (Å²) < 4.78 is 1.83. The van der Waals surface area contributed by atoms with E-state index in [0.717, 1.165) is 16.9 Å². The fraction of sp³-hybridized carbons (Fsp3) is 0.333. The molecule has 0 radical (unpaired) electrons. The Kier molecular flexibility index (Phi) is 9.06. The summed E-state index contributed by atoms with van der Waals surface area (Å²) in [5.41, 5.74) is 3.54. The number of phenolic OH excluding ortho intramolecular Hbond substituents is 2. The third kappa shape index (κ3) is 7.60. The van der Waals surface area contributed by atoms with Gasteiger partial charge in [-0.3, -0.25) is 9.59 Å². The normalized spacial score (nSPS) is 11.4. The molecule has 0 spiro atoms. The van der Waals surface area contributed by atoms with Crippen molar-refractivity contribution in [3.63, 3.8) is 0 Å². The summed E-state index contributed by atoms with van der Waals surface area (Å²) in [7, 11) is 1.86. The van der Waals surface area contributed by atoms with Crippen LogP contribution in [0.4, 0.5) is 11.6 Å². The highest BCUT2D eigenvalue weighted by atomic mass is 16.3. The van der Waals surface area contributed by atoms with Crippen LogP contribution in [0.2, 0.25) is 0 Å². The molecule has 0 aliphatic carbocycles. The number of aryl methyl sites for hydroxylation is 3. The van der Waals surface area contributed by atoms with Gasteiger partial charge in [-0.05, 0) is 84.3 Å². The second kappa shape index (κ2) is 12.0. The monoisotopic (exact) mass is 558 g/mol. The molecule has 41 heavy (non-hydrogen) atoms. The van der Waals surface area contributed by atoms with Gasteiger partial charge in [-0.25, -0.2) is 0 Å². The van der Waals surface area contributed by atoms with Gasteiger partial charge in [0.25, 0.3) is 11.8 Å². The molecule has 8 heteroatoms. The van der Waals surface area contributed by atoms with Crippen molar-refractivity contribution in [3.8, 4) is 11.5 Å². The Labute approximate surface area is 242 Å². The van der Waals surface area contributed by atoms with Crippen LogP contribution < -0.4 is 10.6 Å². The van der Waals surface area contributed by atoms with Crippen LogP contribution in [0.5, 0.6) is 11.5 Å². The number of aromatic hydroxyl groups is 2. The molecule has 0 fully saturated rings. The molecular weight excluding hydrogens is 516 g/mol. The lowest BCUT2D eigenvalue weighted by atomic mass is 9.78. The molecule has 218 valence electrons. The minimum atomic E-state index is -0.257. The second-order valence-electron chi connectivity index (χ2n) is 12.4. The van der Waals surface area contributed by atoms with Gasteiger partial charge in [-0.1, -0.05) is 41.5 Å². The van der Waals surface area contributed by atoms with E-state index < -0.39 is 0 Å². The van der Waals surface area contributed by atoms with Gasteiger partial charge in [-0.2, -0.15) is 0 Å². The highest BCUT2D eigenvalue weighted by molar-refractivity contribution is 6.05. The molecule has 2 aromatic heterocycles. The zero-order valence-electron chi connectivity index (χ0n) is 25.4. The number of hydrogen-bond donors (Lipinski definition) is 5. The van der Waals surface area contributed by atoms with Gasteiger partial charge in [0.15, 0.2) is 0 Å². The number of rotatable bonds is 4. The fourth-order valence-corrected chi connectivity index (χ4v) is 4.38. The van der Waals surface area contributed by atoms with Crippen LogP contribution in [0.25, 0.3) is 0 Å². The van der Waals surface area contributed by atoms with Crippen LogP contribution >= 0.6 is 0 Å². The minimum absolute atomic E-state index is 0.178. The molecule has 5 N–H and O–H groups in total. The highest BCUT2D eigenvalue weighted by Gasteiger charge is 2.27. The number of aromatic amines is 1. The Hall–Kier alpha value is -4.46. The molecule has 8 nitrogen and oxygen atoms in total. The first kappa shape index (κ1) is 31.1. The molecule has 2 aromatic carbocycles. The lowest BCUT2D eigenvalue weighted by Crippen LogP contribution is -2.20. The number of hydrogen-bond acceptors (Lipinski definition) is 4. The maximum Gasteiger partial charge on any atom is 0.256 e. The summed E-state index contributed by atoms with van der Waals surface area (Å²) in [6.07, 6.45) is 3.62. The fourth-order valence-electron chi connectivity index (χ4n) is 4.38. The smallest absolute Gasteiger partial charge is 0.256 e. The SMILES string of the molecule is CC(C)(C)c1cc(C(=O)Nc2ccc[nH]2)cc(C(C)(C)C)c1O.Cc1cc(C(=O)Nc2cccn2C)cc(C)c1O. The van der Waals surface area contributed by atoms with Crippen molar-refractivity contribution in [3.05, 3.63) is 94.3 Å². The first-order chi connectivity index (χ1) is 19.0. The van der Waals surface area contributed by atoms with Crippen LogP contribution in [0, 0.1) is 13.8 Å². The molecule has 0 saturated heterocycles. The van der Waals surface area contributed by atoms with Gasteiger partial charge in [-0.15, -0.1) is 0 Å². The van der Waals surface area contributed by atoms with Crippen LogP contribution in [0.1, 0.15) is 84.5 Å². The summed E-state index contributed by atoms with van der Waals surface area (Å²) in [4.78, 5) is 27.6. The second-order valence-corrected chi connectivity index (χ2v) is 12.4. The quantitative estimate of drug-likeness (QED) is 0.182. The number of H-pyrrole nitrogens is 1. The molecular formula is C33H42N4O4. The van der Waals surface area contributed by atoms with E-state index in [9.17, 15) is 19.8 Å². The highest BCUT2D eigenvalue weighted by Crippen LogP contribution is 2.39. The maximum atomic E-state index is 12.6. The third-order valence-electron chi connectivity index (χ3n) is 6.77. The molecule has 4 aromatic rings. The summed E-state index contributed by atoms with van der Waals surface area (Å²) in [6, 6.07) is 14.2. The molecule has 2 amide bonds. The Morgan fingerprint density at radius 2 is 1.27 bits per heavy atom. The van der Waals surface area contributed by atoms with E-state index in [0.29, 0.717) is 28.1 Å². The molecule has 4 rings (SSSR count). The first-order valence-corrected chi connectivity index (χ1v) is 13.5. The standard InChI is InChI=1S/C19H26N2O2.C14H16N2O2/c1-18(2,3)13-10-12(11-14(16(13)22)19(4,5)6)17(23)21-15-8-7-9-20-15;1-9-7-11(8-10(2)13(9)17)14(18)15-12-5-4-6-16(12)3/h7-11,20,22H,1-6H3,(H,21,23);4-8,17H,1-3H3,(H,15,18). The van der Waals surface area contributed by atoms with E-state index in [-0.39, 0.29) is 34.1 Å². The molecule has 0 atom stereocenters. The average Bonchev–Trinajstić information content (AvgIpc) is 3.53. The lowest BCUT2D eigenvalue weighted by Gasteiger charge is -2.28. The van der Waals surface area contributed by atoms with Gasteiger partial charge >= 0.3 is 0 Å². The Bertz CT molecular complexity index is 1480. The van der Waals surface area contributed by atoms with Crippen molar-refractivity contribution in [2.75, 3.05) is 10.6 Å². The van der Waals surface area contributed by atoms with Crippen molar-refractivity contribution >= 4 is 23.5 Å². The number of nitrogens with one attached hydrogen (secondary N) is 3. The van der Waals surface area contributed by atoms with Gasteiger partial charge in [0, 0.05) is 41.7 Å². The molecule has 0 unspecified atom stereocenters. The van der Waals surface area contributed by atoms with E-state index in [1.54, 1.807) is 50.4 Å². The minimum Gasteiger partial charge on any atom is -0.507 e. The molecule has 2 heterocycles. The largest absolute Gasteiger partial charge is 0.507 e. The molecule has 0 bridgehead atoms. The van der Waals surface area contributed by atoms with Crippen molar-refractivity contribution in [2.45, 2.75) is 66.2 Å². The molecule has 0 aliphatic heterocycles. The van der Waals surface area contributed by atoms with Crippen molar-refractivity contribution < 1.29 is 19.8 Å². The number of carbonyl (C=O) groups is 2. The van der Waals surface area contributed by atoms with Gasteiger partial charge in [0.1, 0.15) is 23.1 Å². The van der Waals surface area contributed by atoms with Crippen molar-refractivity contribution in [1.82, 2.24) is 9.55 Å². The summed E-state index contributed by atoms with van der Waals surface area (Å²) in [6.45, 7) is 15.7. The Balaban J connectivity index is 0.000000232. The number of benzene rings is 2. The third-order valence-corrected chi connectivity index (χ3v) is 6.77. The summed E-state index contributed by atoms with van der Waals surface area (Å²) in [5, 5.41) is 26.0. The lowest BCUT2D eigenvalue weighted by molar-refractivity contribution is 0.101. The molecule has 0 saturated carbocycles. The zero-order valence-corrected chi connectivity index (χ0v) is 25.4. The Morgan fingerprint density at radius 3 is 1.71 bits per heavy atom. The summed E-state index contributed by atoms with van der Waals surface area (Å²) in [5.74, 6) is 1.54. The van der Waals surface area contributed by atoms with Gasteiger partial charge < -0.3 is 30.4 Å². The van der Waals surface area contributed by atoms with E-state index >= 15 is 0 Å². The van der Waals surface area contributed by atoms with Crippen molar-refractivity contribution in [2.24, 2.45) is 7.05 Å². The topological polar surface area (TPSA) is 119 Å². The molecule has 0 aliphatic rings. The number of aromatic nitrogens is 2. The van der Waals surface area contributed by atoms with E-state index in [1.165, 1.54) is 0 Å². The van der Waals surface area contributed by atoms with Crippen molar-refractivity contribution in [1.29, 1.82) is 0 Å². The number of phenols is 2. The van der Waals surface area contributed by atoms with E-state index in [4.69, 9.17) is 0 Å². The van der Waals surface area contributed by atoms with Crippen LogP contribution in [0.15, 0.2) is 60.9 Å². The van der Waals surface area contributed by atoms with Gasteiger partial charge in [0.2, 0.25) is 0 Å². The maximum absolute atomic E-state index is 12.6. The number of nitrogens with zero attached hydrogens (tertiary/aromatic N) is 1. The predicted molar refractivity (Wildman–Crippen MR) is 165 cm³/mol. The van der Waals surface area contributed by atoms with Gasteiger partial charge in [0.05, 0.1) is 0 Å².